The number of benzene rings is 1. The van der Waals surface area contributed by atoms with Crippen molar-refractivity contribution in [1.29, 1.82) is 0 Å². The van der Waals surface area contributed by atoms with Crippen molar-refractivity contribution >= 4 is 34.5 Å². The summed E-state index contributed by atoms with van der Waals surface area (Å²) in [4.78, 5) is 16.5. The molecule has 26 heavy (non-hydrogen) atoms. The summed E-state index contributed by atoms with van der Waals surface area (Å²) in [6, 6.07) is 11.1. The van der Waals surface area contributed by atoms with Crippen molar-refractivity contribution in [2.45, 2.75) is 0 Å². The molecular weight excluding hydrogens is 376 g/mol. The minimum atomic E-state index is -0.271. The van der Waals surface area contributed by atoms with Gasteiger partial charge >= 0.3 is 0 Å². The molecule has 3 N–H and O–H groups in total. The van der Waals surface area contributed by atoms with Gasteiger partial charge in [-0.25, -0.2) is 4.98 Å². The second kappa shape index (κ2) is 8.52. The van der Waals surface area contributed by atoms with E-state index in [-0.39, 0.29) is 35.7 Å². The monoisotopic (exact) mass is 390 g/mol. The molecule has 3 rings (SSSR count). The molecule has 0 aliphatic heterocycles. The zero-order chi connectivity index (χ0) is 18.4. The summed E-state index contributed by atoms with van der Waals surface area (Å²) in [5, 5.41) is 17.3. The number of thiocarbonyl (C=S) groups is 1. The van der Waals surface area contributed by atoms with Crippen molar-refractivity contribution in [1.82, 2.24) is 20.9 Å². The first kappa shape index (κ1) is 18.0. The summed E-state index contributed by atoms with van der Waals surface area (Å²) in [5.41, 5.74) is 3.51. The predicted octanol–water partition coefficient (Wildman–Crippen LogP) is 2.26. The Morgan fingerprint density at radius 1 is 1.35 bits per heavy atom. The molecular formula is C16H14N4O4S2. The third kappa shape index (κ3) is 4.42. The highest BCUT2D eigenvalue weighted by Gasteiger charge is 2.12. The van der Waals surface area contributed by atoms with E-state index >= 15 is 0 Å². The van der Waals surface area contributed by atoms with Gasteiger partial charge in [0.25, 0.3) is 11.8 Å². The lowest BCUT2D eigenvalue weighted by Gasteiger charge is -2.03. The van der Waals surface area contributed by atoms with Crippen LogP contribution in [0.4, 0.5) is 0 Å². The molecule has 8 nitrogen and oxygen atoms in total. The summed E-state index contributed by atoms with van der Waals surface area (Å²) in [7, 11) is 0. The fourth-order valence-electron chi connectivity index (χ4n) is 2.00. The number of ether oxygens (including phenoxy) is 1. The van der Waals surface area contributed by atoms with Gasteiger partial charge in [0.1, 0.15) is 6.61 Å². The third-order valence-electron chi connectivity index (χ3n) is 3.22. The number of hydrogen-bond acceptors (Lipinski definition) is 8. The van der Waals surface area contributed by atoms with E-state index in [2.05, 4.69) is 15.5 Å². The average Bonchev–Trinajstić information content (AvgIpc) is 3.35. The molecule has 0 saturated carbocycles. The molecule has 0 aliphatic rings. The number of rotatable bonds is 7. The molecule has 10 heteroatoms. The number of thiazole rings is 1. The lowest BCUT2D eigenvalue weighted by Crippen LogP contribution is -2.28. The average molecular weight is 390 g/mol. The molecule has 1 amide bonds. The van der Waals surface area contributed by atoms with Crippen LogP contribution in [0.15, 0.2) is 46.3 Å². The number of nitrogens with one attached hydrogen (secondary N) is 2. The van der Waals surface area contributed by atoms with Gasteiger partial charge in [0.05, 0.1) is 18.3 Å². The highest BCUT2D eigenvalue weighted by molar-refractivity contribution is 7.80. The second-order valence-corrected chi connectivity index (χ2v) is 6.24. The topological polar surface area (TPSA) is 110 Å². The Kier molecular flexibility index (Phi) is 5.89. The summed E-state index contributed by atoms with van der Waals surface area (Å²) in [6.07, 6.45) is 0. The molecule has 0 bridgehead atoms. The molecule has 134 valence electrons. The Morgan fingerprint density at radius 3 is 2.92 bits per heavy atom. The Morgan fingerprint density at radius 2 is 2.15 bits per heavy atom. The minimum absolute atomic E-state index is 0.00126. The van der Waals surface area contributed by atoms with Crippen LogP contribution in [-0.4, -0.2) is 39.4 Å². The van der Waals surface area contributed by atoms with E-state index in [4.69, 9.17) is 26.7 Å². The summed E-state index contributed by atoms with van der Waals surface area (Å²) in [5.74, 6) is 0.109. The number of carbonyl (C=O) groups is 1. The number of hydrogen-bond donors (Lipinski definition) is 3. The van der Waals surface area contributed by atoms with Crippen LogP contribution in [0.25, 0.3) is 11.3 Å². The van der Waals surface area contributed by atoms with Gasteiger partial charge in [-0.2, -0.15) is 0 Å². The highest BCUT2D eigenvalue weighted by Crippen LogP contribution is 2.21. The molecule has 0 saturated heterocycles. The number of aromatic nitrogens is 2. The van der Waals surface area contributed by atoms with Crippen molar-refractivity contribution in [2.24, 2.45) is 0 Å². The van der Waals surface area contributed by atoms with Gasteiger partial charge in [-0.15, -0.1) is 11.3 Å². The van der Waals surface area contributed by atoms with Crippen LogP contribution in [0.2, 0.25) is 0 Å². The number of carbonyl (C=O) groups excluding carboxylic acids is 1. The first-order valence-corrected chi connectivity index (χ1v) is 8.79. The van der Waals surface area contributed by atoms with Gasteiger partial charge < -0.3 is 14.6 Å². The maximum Gasteiger partial charge on any atom is 0.280 e. The van der Waals surface area contributed by atoms with Crippen LogP contribution in [0.1, 0.15) is 15.6 Å². The molecule has 3 aromatic rings. The maximum absolute atomic E-state index is 12.1. The Hall–Kier alpha value is -2.82. The van der Waals surface area contributed by atoms with Crippen molar-refractivity contribution in [3.8, 4) is 17.1 Å². The fourth-order valence-corrected chi connectivity index (χ4v) is 2.84. The van der Waals surface area contributed by atoms with Crippen LogP contribution in [0.5, 0.6) is 5.88 Å². The number of hydroxylamine groups is 1. The molecule has 1 aromatic carbocycles. The molecule has 0 aliphatic carbocycles. The van der Waals surface area contributed by atoms with Crippen molar-refractivity contribution in [3.63, 3.8) is 0 Å². The normalized spacial score (nSPS) is 10.3. The lowest BCUT2D eigenvalue weighted by molar-refractivity contribution is 0.0946. The second-order valence-electron chi connectivity index (χ2n) is 4.98. The highest BCUT2D eigenvalue weighted by atomic mass is 32.1. The zero-order valence-corrected chi connectivity index (χ0v) is 15.0. The zero-order valence-electron chi connectivity index (χ0n) is 13.3. The third-order valence-corrected chi connectivity index (χ3v) is 4.35. The Bertz CT molecular complexity index is 895. The Labute approximate surface area is 157 Å². The maximum atomic E-state index is 12.1. The first-order chi connectivity index (χ1) is 12.7. The van der Waals surface area contributed by atoms with Crippen LogP contribution in [0, 0.1) is 0 Å². The van der Waals surface area contributed by atoms with Crippen LogP contribution >= 0.6 is 23.6 Å². The summed E-state index contributed by atoms with van der Waals surface area (Å²) < 4.78 is 10.2. The van der Waals surface area contributed by atoms with Gasteiger partial charge in [0.2, 0.25) is 0 Å². The van der Waals surface area contributed by atoms with Gasteiger partial charge in [-0.05, 0) is 5.16 Å². The van der Waals surface area contributed by atoms with Crippen molar-refractivity contribution in [3.05, 3.63) is 52.5 Å². The summed E-state index contributed by atoms with van der Waals surface area (Å²) in [6.45, 7) is 0.456. The van der Waals surface area contributed by atoms with Crippen molar-refractivity contribution in [2.75, 3.05) is 13.2 Å². The van der Waals surface area contributed by atoms with E-state index in [0.29, 0.717) is 5.01 Å². The Balaban J connectivity index is 1.47. The van der Waals surface area contributed by atoms with Gasteiger partial charge in [0, 0.05) is 10.9 Å². The van der Waals surface area contributed by atoms with E-state index < -0.39 is 0 Å². The first-order valence-electron chi connectivity index (χ1n) is 7.50. The van der Waals surface area contributed by atoms with E-state index in [0.717, 1.165) is 11.3 Å². The van der Waals surface area contributed by atoms with E-state index in [9.17, 15) is 4.79 Å². The largest absolute Gasteiger partial charge is 0.474 e. The molecule has 0 atom stereocenters. The quantitative estimate of drug-likeness (QED) is 0.320. The van der Waals surface area contributed by atoms with E-state index in [1.807, 2.05) is 35.7 Å². The molecule has 0 fully saturated rings. The predicted molar refractivity (Wildman–Crippen MR) is 98.5 cm³/mol. The van der Waals surface area contributed by atoms with Crippen LogP contribution in [0.3, 0.4) is 0 Å². The summed E-state index contributed by atoms with van der Waals surface area (Å²) >= 11 is 6.06. The van der Waals surface area contributed by atoms with Gasteiger partial charge in [0.15, 0.2) is 15.8 Å². The fraction of sp³-hybridized carbons (Fsp3) is 0.125. The van der Waals surface area contributed by atoms with Gasteiger partial charge in [-0.1, -0.05) is 42.5 Å². The van der Waals surface area contributed by atoms with Crippen molar-refractivity contribution < 1.29 is 19.3 Å². The number of nitrogens with zero attached hydrogens (tertiary/aromatic N) is 2. The van der Waals surface area contributed by atoms with Crippen LogP contribution in [-0.2, 0) is 0 Å². The van der Waals surface area contributed by atoms with E-state index in [1.54, 1.807) is 5.48 Å². The van der Waals surface area contributed by atoms with Gasteiger partial charge in [-0.3, -0.25) is 15.5 Å². The minimum Gasteiger partial charge on any atom is -0.474 e. The standard InChI is InChI=1S/C16H14N4O4S2/c21-14(16-18-11(9-26-16)10-4-2-1-3-5-10)17-6-7-23-13-8-12(24-20-13)15(25)19-22/h1-5,8-9,22H,6-7H2,(H,17,21)(H,19,25). The SMILES string of the molecule is O=C(NCCOc1cc(C(=S)NO)on1)c1nc(-c2ccccc2)cs1. The molecule has 0 radical (unpaired) electrons. The molecule has 2 aromatic heterocycles. The molecule has 2 heterocycles. The van der Waals surface area contributed by atoms with E-state index in [1.165, 1.54) is 17.4 Å². The van der Waals surface area contributed by atoms with Crippen LogP contribution < -0.4 is 15.5 Å². The number of amides is 1. The molecule has 0 unspecified atom stereocenters. The lowest BCUT2D eigenvalue weighted by atomic mass is 10.2. The smallest absolute Gasteiger partial charge is 0.280 e. The molecule has 0 spiro atoms.